The molecule has 6 nitrogen and oxygen atoms in total. The number of H-pyrrole nitrogens is 1. The normalized spacial score (nSPS) is 20.6. The fourth-order valence-electron chi connectivity index (χ4n) is 2.08. The predicted molar refractivity (Wildman–Crippen MR) is 61.5 cm³/mol. The summed E-state index contributed by atoms with van der Waals surface area (Å²) >= 11 is 0. The first kappa shape index (κ1) is 10.7. The molecule has 0 aromatic carbocycles. The van der Waals surface area contributed by atoms with Crippen LogP contribution in [0.15, 0.2) is 0 Å². The van der Waals surface area contributed by atoms with Gasteiger partial charge >= 0.3 is 0 Å². The first-order valence-electron chi connectivity index (χ1n) is 6.22. The maximum absolute atomic E-state index is 12.0. The van der Waals surface area contributed by atoms with Gasteiger partial charge in [0.15, 0.2) is 5.82 Å². The third-order valence-corrected chi connectivity index (χ3v) is 3.28. The van der Waals surface area contributed by atoms with Crippen LogP contribution >= 0.6 is 0 Å². The molecule has 1 aromatic heterocycles. The Morgan fingerprint density at radius 3 is 2.82 bits per heavy atom. The molecule has 1 aromatic rings. The Labute approximate surface area is 99.8 Å². The summed E-state index contributed by atoms with van der Waals surface area (Å²) < 4.78 is 0. The van der Waals surface area contributed by atoms with Crippen molar-refractivity contribution in [2.24, 2.45) is 0 Å². The number of rotatable bonds is 3. The van der Waals surface area contributed by atoms with Crippen molar-refractivity contribution in [1.29, 1.82) is 0 Å². The second kappa shape index (κ2) is 4.44. The van der Waals surface area contributed by atoms with Crippen LogP contribution in [0.2, 0.25) is 0 Å². The SMILES string of the molecule is O=C(Cc1nc(C2CC2)n[nH]1)N1CCNCC1. The van der Waals surface area contributed by atoms with Gasteiger partial charge in [-0.25, -0.2) is 4.98 Å². The molecule has 1 saturated heterocycles. The van der Waals surface area contributed by atoms with Crippen LogP contribution in [0.25, 0.3) is 0 Å². The Hall–Kier alpha value is -1.43. The highest BCUT2D eigenvalue weighted by Gasteiger charge is 2.28. The molecule has 0 bridgehead atoms. The van der Waals surface area contributed by atoms with E-state index >= 15 is 0 Å². The highest BCUT2D eigenvalue weighted by Crippen LogP contribution is 2.37. The van der Waals surface area contributed by atoms with E-state index in [9.17, 15) is 4.79 Å². The van der Waals surface area contributed by atoms with E-state index in [-0.39, 0.29) is 5.91 Å². The third kappa shape index (κ3) is 2.46. The van der Waals surface area contributed by atoms with E-state index in [1.165, 1.54) is 12.8 Å². The maximum atomic E-state index is 12.0. The molecule has 17 heavy (non-hydrogen) atoms. The Morgan fingerprint density at radius 1 is 1.35 bits per heavy atom. The molecule has 1 aliphatic heterocycles. The molecule has 92 valence electrons. The average molecular weight is 235 g/mol. The molecule has 0 radical (unpaired) electrons. The van der Waals surface area contributed by atoms with Crippen LogP contribution in [0.1, 0.15) is 30.4 Å². The van der Waals surface area contributed by atoms with E-state index in [4.69, 9.17) is 0 Å². The van der Waals surface area contributed by atoms with E-state index < -0.39 is 0 Å². The number of carbonyl (C=O) groups is 1. The van der Waals surface area contributed by atoms with E-state index in [1.54, 1.807) is 0 Å². The van der Waals surface area contributed by atoms with Crippen molar-refractivity contribution in [3.05, 3.63) is 11.6 Å². The minimum absolute atomic E-state index is 0.144. The van der Waals surface area contributed by atoms with Crippen molar-refractivity contribution in [1.82, 2.24) is 25.4 Å². The summed E-state index contributed by atoms with van der Waals surface area (Å²) in [6.45, 7) is 3.36. The van der Waals surface area contributed by atoms with Crippen LogP contribution in [-0.4, -0.2) is 52.2 Å². The fraction of sp³-hybridized carbons (Fsp3) is 0.727. The van der Waals surface area contributed by atoms with E-state index in [2.05, 4.69) is 20.5 Å². The summed E-state index contributed by atoms with van der Waals surface area (Å²) in [4.78, 5) is 18.2. The van der Waals surface area contributed by atoms with E-state index in [1.807, 2.05) is 4.90 Å². The Balaban J connectivity index is 1.58. The summed E-state index contributed by atoms with van der Waals surface area (Å²) in [5.74, 6) is 2.27. The largest absolute Gasteiger partial charge is 0.340 e. The number of carbonyl (C=O) groups excluding carboxylic acids is 1. The van der Waals surface area contributed by atoms with Gasteiger partial charge in [0, 0.05) is 32.1 Å². The Kier molecular flexibility index (Phi) is 2.80. The lowest BCUT2D eigenvalue weighted by Crippen LogP contribution is -2.47. The van der Waals surface area contributed by atoms with Crippen LogP contribution < -0.4 is 5.32 Å². The van der Waals surface area contributed by atoms with Crippen molar-refractivity contribution < 1.29 is 4.79 Å². The summed E-state index contributed by atoms with van der Waals surface area (Å²) in [6, 6.07) is 0. The lowest BCUT2D eigenvalue weighted by Gasteiger charge is -2.27. The smallest absolute Gasteiger partial charge is 0.230 e. The zero-order chi connectivity index (χ0) is 11.7. The number of piperazine rings is 1. The molecule has 1 aliphatic carbocycles. The fourth-order valence-corrected chi connectivity index (χ4v) is 2.08. The zero-order valence-corrected chi connectivity index (χ0v) is 9.78. The second-order valence-electron chi connectivity index (χ2n) is 4.72. The third-order valence-electron chi connectivity index (χ3n) is 3.28. The van der Waals surface area contributed by atoms with Crippen molar-refractivity contribution in [3.63, 3.8) is 0 Å². The standard InChI is InChI=1S/C11H17N5O/c17-10(16-5-3-12-4-6-16)7-9-13-11(15-14-9)8-1-2-8/h8,12H,1-7H2,(H,13,14,15). The molecule has 0 spiro atoms. The Bertz CT molecular complexity index is 406. The molecular formula is C11H17N5O. The van der Waals surface area contributed by atoms with E-state index in [0.717, 1.165) is 32.0 Å². The van der Waals surface area contributed by atoms with Gasteiger partial charge in [0.05, 0.1) is 6.42 Å². The summed E-state index contributed by atoms with van der Waals surface area (Å²) in [7, 11) is 0. The van der Waals surface area contributed by atoms with Crippen LogP contribution in [0, 0.1) is 0 Å². The van der Waals surface area contributed by atoms with Gasteiger partial charge in [0.2, 0.25) is 5.91 Å². The topological polar surface area (TPSA) is 73.9 Å². The molecule has 2 heterocycles. The second-order valence-corrected chi connectivity index (χ2v) is 4.72. The average Bonchev–Trinajstić information content (AvgIpc) is 3.12. The number of aromatic nitrogens is 3. The molecular weight excluding hydrogens is 218 g/mol. The lowest BCUT2D eigenvalue weighted by molar-refractivity contribution is -0.131. The van der Waals surface area contributed by atoms with Gasteiger partial charge in [-0.2, -0.15) is 5.10 Å². The molecule has 2 aliphatic rings. The van der Waals surface area contributed by atoms with Crippen molar-refractivity contribution >= 4 is 5.91 Å². The number of hydrogen-bond acceptors (Lipinski definition) is 4. The molecule has 0 atom stereocenters. The number of nitrogens with one attached hydrogen (secondary N) is 2. The number of amides is 1. The van der Waals surface area contributed by atoms with Crippen LogP contribution in [-0.2, 0) is 11.2 Å². The quantitative estimate of drug-likeness (QED) is 0.751. The molecule has 2 fully saturated rings. The summed E-state index contributed by atoms with van der Waals surface area (Å²) in [5, 5.41) is 10.3. The number of aromatic amines is 1. The zero-order valence-electron chi connectivity index (χ0n) is 9.78. The van der Waals surface area contributed by atoms with Gasteiger partial charge in [-0.05, 0) is 12.8 Å². The maximum Gasteiger partial charge on any atom is 0.230 e. The van der Waals surface area contributed by atoms with Gasteiger partial charge in [0.1, 0.15) is 5.82 Å². The first-order valence-corrected chi connectivity index (χ1v) is 6.22. The van der Waals surface area contributed by atoms with Crippen LogP contribution in [0.4, 0.5) is 0 Å². The van der Waals surface area contributed by atoms with Crippen LogP contribution in [0.5, 0.6) is 0 Å². The lowest BCUT2D eigenvalue weighted by atomic mass is 10.3. The molecule has 1 amide bonds. The van der Waals surface area contributed by atoms with Gasteiger partial charge in [-0.1, -0.05) is 0 Å². The number of hydrogen-bond donors (Lipinski definition) is 2. The minimum Gasteiger partial charge on any atom is -0.340 e. The number of nitrogens with zero attached hydrogens (tertiary/aromatic N) is 3. The van der Waals surface area contributed by atoms with E-state index in [0.29, 0.717) is 18.2 Å². The molecule has 6 heteroatoms. The molecule has 0 unspecified atom stereocenters. The minimum atomic E-state index is 0.144. The van der Waals surface area contributed by atoms with Gasteiger partial charge < -0.3 is 10.2 Å². The first-order chi connectivity index (χ1) is 8.33. The molecule has 1 saturated carbocycles. The van der Waals surface area contributed by atoms with Crippen LogP contribution in [0.3, 0.4) is 0 Å². The highest BCUT2D eigenvalue weighted by molar-refractivity contribution is 5.78. The summed E-state index contributed by atoms with van der Waals surface area (Å²) in [5.41, 5.74) is 0. The van der Waals surface area contributed by atoms with Crippen molar-refractivity contribution in [2.45, 2.75) is 25.2 Å². The highest BCUT2D eigenvalue weighted by atomic mass is 16.2. The molecule has 3 rings (SSSR count). The van der Waals surface area contributed by atoms with Gasteiger partial charge in [-0.15, -0.1) is 0 Å². The Morgan fingerprint density at radius 2 is 2.12 bits per heavy atom. The van der Waals surface area contributed by atoms with Crippen molar-refractivity contribution in [2.75, 3.05) is 26.2 Å². The van der Waals surface area contributed by atoms with Crippen molar-refractivity contribution in [3.8, 4) is 0 Å². The predicted octanol–water partition coefficient (Wildman–Crippen LogP) is -0.344. The van der Waals surface area contributed by atoms with Gasteiger partial charge in [-0.3, -0.25) is 9.89 Å². The van der Waals surface area contributed by atoms with Gasteiger partial charge in [0.25, 0.3) is 0 Å². The molecule has 2 N–H and O–H groups in total. The summed E-state index contributed by atoms with van der Waals surface area (Å²) in [6.07, 6.45) is 2.71. The monoisotopic (exact) mass is 235 g/mol.